The molecule has 1 aromatic carbocycles. The average molecular weight is 351 g/mol. The summed E-state index contributed by atoms with van der Waals surface area (Å²) in [5, 5.41) is 4.88. The summed E-state index contributed by atoms with van der Waals surface area (Å²) in [5.41, 5.74) is 2.98. The molecule has 1 fully saturated rings. The Morgan fingerprint density at radius 1 is 1.21 bits per heavy atom. The van der Waals surface area contributed by atoms with Gasteiger partial charge in [0.15, 0.2) is 0 Å². The van der Waals surface area contributed by atoms with Crippen LogP contribution >= 0.6 is 11.6 Å². The molecule has 1 amide bonds. The molecule has 24 heavy (non-hydrogen) atoms. The number of carbonyl (C=O) groups excluding carboxylic acids is 1. The third-order valence-corrected chi connectivity index (χ3v) is 4.81. The Kier molecular flexibility index (Phi) is 7.82. The molecule has 0 spiro atoms. The number of H-pyrrole nitrogens is 1. The van der Waals surface area contributed by atoms with Gasteiger partial charge in [0, 0.05) is 27.0 Å². The molecule has 1 aliphatic carbocycles. The summed E-state index contributed by atoms with van der Waals surface area (Å²) < 4.78 is 0. The van der Waals surface area contributed by atoms with Crippen LogP contribution in [0.1, 0.15) is 65.1 Å². The van der Waals surface area contributed by atoms with E-state index in [0.29, 0.717) is 6.54 Å². The van der Waals surface area contributed by atoms with E-state index in [4.69, 9.17) is 11.6 Å². The van der Waals surface area contributed by atoms with Gasteiger partial charge >= 0.3 is 0 Å². The fourth-order valence-electron chi connectivity index (χ4n) is 2.74. The summed E-state index contributed by atoms with van der Waals surface area (Å²) in [6, 6.07) is 6.04. The van der Waals surface area contributed by atoms with Crippen LogP contribution in [-0.2, 0) is 11.3 Å². The van der Waals surface area contributed by atoms with Crippen molar-refractivity contribution in [2.24, 2.45) is 5.41 Å². The van der Waals surface area contributed by atoms with Gasteiger partial charge in [-0.1, -0.05) is 52.6 Å². The Balaban J connectivity index is 0.000000671. The lowest BCUT2D eigenvalue weighted by atomic mass is 9.70. The predicted molar refractivity (Wildman–Crippen MR) is 105 cm³/mol. The number of hydrogen-bond donors (Lipinski definition) is 2. The Morgan fingerprint density at radius 2 is 1.83 bits per heavy atom. The lowest BCUT2D eigenvalue weighted by Gasteiger charge is -2.36. The first kappa shape index (κ1) is 20.6. The van der Waals surface area contributed by atoms with Gasteiger partial charge in [0.25, 0.3) is 0 Å². The number of aromatic nitrogens is 1. The van der Waals surface area contributed by atoms with Crippen LogP contribution in [0, 0.1) is 12.3 Å². The molecule has 3 nitrogen and oxygen atoms in total. The highest BCUT2D eigenvalue weighted by Gasteiger charge is 2.38. The fourth-order valence-corrected chi connectivity index (χ4v) is 2.91. The Bertz CT molecular complexity index is 633. The second-order valence-electron chi connectivity index (χ2n) is 6.08. The van der Waals surface area contributed by atoms with Gasteiger partial charge in [-0.25, -0.2) is 0 Å². The molecule has 2 N–H and O–H groups in total. The minimum Gasteiger partial charge on any atom is -0.357 e. The first-order chi connectivity index (χ1) is 11.5. The molecule has 1 aliphatic rings. The topological polar surface area (TPSA) is 44.9 Å². The highest BCUT2D eigenvalue weighted by atomic mass is 35.5. The van der Waals surface area contributed by atoms with Crippen molar-refractivity contribution in [1.29, 1.82) is 0 Å². The van der Waals surface area contributed by atoms with E-state index < -0.39 is 0 Å². The molecule has 134 valence electrons. The molecule has 0 unspecified atom stereocenters. The maximum absolute atomic E-state index is 12.1. The number of benzene rings is 1. The number of aryl methyl sites for hydroxylation is 1. The first-order valence-corrected chi connectivity index (χ1v) is 9.42. The Morgan fingerprint density at radius 3 is 2.38 bits per heavy atom. The van der Waals surface area contributed by atoms with Gasteiger partial charge in [-0.05, 0) is 43.5 Å². The number of hydrogen-bond acceptors (Lipinski definition) is 1. The number of halogens is 1. The number of carbonyl (C=O) groups is 1. The van der Waals surface area contributed by atoms with Crippen molar-refractivity contribution in [2.45, 2.75) is 67.3 Å². The summed E-state index contributed by atoms with van der Waals surface area (Å²) in [7, 11) is 0. The molecule has 1 heterocycles. The first-order valence-electron chi connectivity index (χ1n) is 9.04. The van der Waals surface area contributed by atoms with E-state index in [1.807, 2.05) is 59.7 Å². The van der Waals surface area contributed by atoms with Crippen LogP contribution in [0.3, 0.4) is 0 Å². The van der Waals surface area contributed by atoms with Gasteiger partial charge in [0.1, 0.15) is 0 Å². The summed E-state index contributed by atoms with van der Waals surface area (Å²) in [4.78, 5) is 15.4. The lowest BCUT2D eigenvalue weighted by molar-refractivity contribution is -0.134. The van der Waals surface area contributed by atoms with Gasteiger partial charge in [-0.3, -0.25) is 4.79 Å². The SMILES string of the molecule is CC.CC.Cc1cc2[nH]c(CNC(=O)C3(C)CCC3)cc2cc1Cl. The van der Waals surface area contributed by atoms with Crippen molar-refractivity contribution in [3.05, 3.63) is 34.5 Å². The second kappa shape index (κ2) is 9.12. The van der Waals surface area contributed by atoms with Crippen LogP contribution in [0.4, 0.5) is 0 Å². The molecule has 1 aromatic heterocycles. The summed E-state index contributed by atoms with van der Waals surface area (Å²) in [6.45, 7) is 12.6. The molecular formula is C20H31ClN2O. The third kappa shape index (κ3) is 4.54. The standard InChI is InChI=1S/C16H19ClN2O.2C2H6/c1-10-6-14-11(8-13(10)17)7-12(19-14)9-18-15(20)16(2)4-3-5-16;2*1-2/h6-8,19H,3-5,9H2,1-2H3,(H,18,20);2*1-2H3. The fraction of sp³-hybridized carbons (Fsp3) is 0.550. The van der Waals surface area contributed by atoms with Crippen molar-refractivity contribution < 1.29 is 4.79 Å². The monoisotopic (exact) mass is 350 g/mol. The normalized spacial score (nSPS) is 14.6. The highest BCUT2D eigenvalue weighted by Crippen LogP contribution is 2.40. The number of amides is 1. The zero-order valence-electron chi connectivity index (χ0n) is 15.8. The molecule has 3 rings (SSSR count). The van der Waals surface area contributed by atoms with Gasteiger partial charge < -0.3 is 10.3 Å². The highest BCUT2D eigenvalue weighted by molar-refractivity contribution is 6.32. The van der Waals surface area contributed by atoms with Crippen LogP contribution < -0.4 is 5.32 Å². The molecule has 0 saturated heterocycles. The predicted octanol–water partition coefficient (Wildman–Crippen LogP) is 5.99. The van der Waals surface area contributed by atoms with Crippen molar-refractivity contribution >= 4 is 28.4 Å². The lowest BCUT2D eigenvalue weighted by Crippen LogP contribution is -2.43. The van der Waals surface area contributed by atoms with E-state index >= 15 is 0 Å². The van der Waals surface area contributed by atoms with Crippen molar-refractivity contribution in [2.75, 3.05) is 0 Å². The average Bonchev–Trinajstić information content (AvgIpc) is 2.96. The molecule has 1 saturated carbocycles. The van der Waals surface area contributed by atoms with Crippen LogP contribution in [0.2, 0.25) is 5.02 Å². The van der Waals surface area contributed by atoms with E-state index in [1.165, 1.54) is 0 Å². The third-order valence-electron chi connectivity index (χ3n) is 4.40. The van der Waals surface area contributed by atoms with Crippen LogP contribution in [0.25, 0.3) is 10.9 Å². The van der Waals surface area contributed by atoms with E-state index in [0.717, 1.165) is 46.4 Å². The molecule has 0 atom stereocenters. The van der Waals surface area contributed by atoms with Crippen LogP contribution in [0.15, 0.2) is 18.2 Å². The summed E-state index contributed by atoms with van der Waals surface area (Å²) >= 11 is 6.13. The van der Waals surface area contributed by atoms with E-state index in [9.17, 15) is 4.79 Å². The van der Waals surface area contributed by atoms with Crippen LogP contribution in [-0.4, -0.2) is 10.9 Å². The van der Waals surface area contributed by atoms with Crippen molar-refractivity contribution in [3.8, 4) is 0 Å². The summed E-state index contributed by atoms with van der Waals surface area (Å²) in [6.07, 6.45) is 3.16. The van der Waals surface area contributed by atoms with E-state index in [2.05, 4.69) is 10.3 Å². The Labute approximate surface area is 151 Å². The molecule has 0 aliphatic heterocycles. The largest absolute Gasteiger partial charge is 0.357 e. The molecule has 4 heteroatoms. The van der Waals surface area contributed by atoms with E-state index in [1.54, 1.807) is 0 Å². The maximum Gasteiger partial charge on any atom is 0.226 e. The summed E-state index contributed by atoms with van der Waals surface area (Å²) in [5.74, 6) is 0.164. The molecule has 0 radical (unpaired) electrons. The molecule has 2 aromatic rings. The minimum atomic E-state index is -0.147. The van der Waals surface area contributed by atoms with Gasteiger partial charge in [-0.15, -0.1) is 0 Å². The number of aromatic amines is 1. The number of nitrogens with one attached hydrogen (secondary N) is 2. The van der Waals surface area contributed by atoms with Gasteiger partial charge in [0.05, 0.1) is 6.54 Å². The molecular weight excluding hydrogens is 320 g/mol. The quantitative estimate of drug-likeness (QED) is 0.701. The Hall–Kier alpha value is -1.48. The zero-order valence-corrected chi connectivity index (χ0v) is 16.6. The van der Waals surface area contributed by atoms with Crippen molar-refractivity contribution in [1.82, 2.24) is 10.3 Å². The van der Waals surface area contributed by atoms with Gasteiger partial charge in [-0.2, -0.15) is 0 Å². The zero-order chi connectivity index (χ0) is 18.3. The smallest absolute Gasteiger partial charge is 0.226 e. The van der Waals surface area contributed by atoms with Crippen molar-refractivity contribution in [3.63, 3.8) is 0 Å². The maximum atomic E-state index is 12.1. The number of rotatable bonds is 3. The van der Waals surface area contributed by atoms with Crippen LogP contribution in [0.5, 0.6) is 0 Å². The van der Waals surface area contributed by atoms with E-state index in [-0.39, 0.29) is 11.3 Å². The minimum absolute atomic E-state index is 0.147. The second-order valence-corrected chi connectivity index (χ2v) is 6.49. The molecule has 0 bridgehead atoms. The van der Waals surface area contributed by atoms with Gasteiger partial charge in [0.2, 0.25) is 5.91 Å². The number of fused-ring (bicyclic) bond motifs is 1.